The van der Waals surface area contributed by atoms with E-state index in [0.29, 0.717) is 18.5 Å². The fourth-order valence-corrected chi connectivity index (χ4v) is 3.70. The van der Waals surface area contributed by atoms with E-state index in [0.717, 1.165) is 17.1 Å². The highest BCUT2D eigenvalue weighted by Crippen LogP contribution is 2.32. The molecular weight excluding hydrogens is 399 g/mol. The van der Waals surface area contributed by atoms with Crippen molar-refractivity contribution in [2.45, 2.75) is 25.3 Å². The fraction of sp³-hybridized carbons (Fsp3) is 0.348. The first-order valence-corrected chi connectivity index (χ1v) is 10.3. The molecule has 1 fully saturated rings. The highest BCUT2D eigenvalue weighted by Gasteiger charge is 2.51. The Morgan fingerprint density at radius 2 is 1.81 bits per heavy atom. The maximum atomic E-state index is 13.3. The van der Waals surface area contributed by atoms with Gasteiger partial charge in [0.1, 0.15) is 17.9 Å². The smallest absolute Gasteiger partial charge is 0.325 e. The summed E-state index contributed by atoms with van der Waals surface area (Å²) in [5, 5.41) is 5.45. The number of carbonyl (C=O) groups is 3. The van der Waals surface area contributed by atoms with Crippen molar-refractivity contribution in [2.24, 2.45) is 0 Å². The number of urea groups is 1. The summed E-state index contributed by atoms with van der Waals surface area (Å²) in [6.07, 6.45) is 0.999. The van der Waals surface area contributed by atoms with E-state index in [9.17, 15) is 18.8 Å². The van der Waals surface area contributed by atoms with Gasteiger partial charge in [-0.2, -0.15) is 0 Å². The maximum absolute atomic E-state index is 13.3. The highest BCUT2D eigenvalue weighted by molar-refractivity contribution is 6.09. The van der Waals surface area contributed by atoms with Gasteiger partial charge in [-0.3, -0.25) is 14.5 Å². The van der Waals surface area contributed by atoms with Crippen LogP contribution in [-0.2, 0) is 15.1 Å². The minimum Gasteiger partial charge on any atom is -0.375 e. The molecule has 1 aliphatic heterocycles. The van der Waals surface area contributed by atoms with Gasteiger partial charge in [0, 0.05) is 25.8 Å². The van der Waals surface area contributed by atoms with Crippen molar-refractivity contribution in [1.82, 2.24) is 15.5 Å². The van der Waals surface area contributed by atoms with Crippen LogP contribution in [0.2, 0.25) is 0 Å². The van der Waals surface area contributed by atoms with Crippen LogP contribution in [0.1, 0.15) is 25.3 Å². The second-order valence-electron chi connectivity index (χ2n) is 7.55. The molecule has 4 amide bonds. The molecule has 0 spiro atoms. The van der Waals surface area contributed by atoms with Crippen LogP contribution < -0.4 is 15.5 Å². The molecule has 0 saturated carbocycles. The second kappa shape index (κ2) is 9.59. The molecule has 2 N–H and O–H groups in total. The summed E-state index contributed by atoms with van der Waals surface area (Å²) in [7, 11) is 1.98. The van der Waals surface area contributed by atoms with E-state index >= 15 is 0 Å². The number of benzene rings is 2. The molecule has 0 unspecified atom stereocenters. The Kier molecular flexibility index (Phi) is 6.89. The molecule has 2 aromatic rings. The largest absolute Gasteiger partial charge is 0.375 e. The molecule has 1 atom stereocenters. The first-order valence-electron chi connectivity index (χ1n) is 10.3. The van der Waals surface area contributed by atoms with Crippen LogP contribution in [0, 0.1) is 5.82 Å². The SMILES string of the molecule is CC[C@]1(c2ccc(F)cc2)NC(=O)N(CC(=O)NCCCN(C)c2ccccc2)C1=O. The molecule has 8 heteroatoms. The molecule has 2 aromatic carbocycles. The van der Waals surface area contributed by atoms with Crippen LogP contribution in [-0.4, -0.2) is 49.4 Å². The van der Waals surface area contributed by atoms with Crippen molar-refractivity contribution in [3.63, 3.8) is 0 Å². The normalized spacial score (nSPS) is 18.1. The Morgan fingerprint density at radius 1 is 1.13 bits per heavy atom. The Bertz CT molecular complexity index is 936. The monoisotopic (exact) mass is 426 g/mol. The molecule has 0 radical (unpaired) electrons. The summed E-state index contributed by atoms with van der Waals surface area (Å²) in [5.74, 6) is -1.34. The number of anilines is 1. The highest BCUT2D eigenvalue weighted by atomic mass is 19.1. The number of halogens is 1. The van der Waals surface area contributed by atoms with Crippen LogP contribution in [0.25, 0.3) is 0 Å². The number of para-hydroxylation sites is 1. The average Bonchev–Trinajstić information content (AvgIpc) is 3.02. The van der Waals surface area contributed by atoms with E-state index in [1.807, 2.05) is 37.4 Å². The van der Waals surface area contributed by atoms with Gasteiger partial charge in [-0.1, -0.05) is 37.3 Å². The average molecular weight is 426 g/mol. The third-order valence-electron chi connectivity index (χ3n) is 5.53. The summed E-state index contributed by atoms with van der Waals surface area (Å²) >= 11 is 0. The number of hydrogen-bond donors (Lipinski definition) is 2. The van der Waals surface area contributed by atoms with Gasteiger partial charge in [-0.25, -0.2) is 9.18 Å². The standard InChI is InChI=1S/C23H27FN4O3/c1-3-23(17-10-12-18(24)13-11-17)21(30)28(22(31)26-23)16-20(29)25-14-7-15-27(2)19-8-5-4-6-9-19/h4-6,8-13H,3,7,14-16H2,1-2H3,(H,25,29)(H,26,31)/t23-/m1/s1. The Morgan fingerprint density at radius 3 is 2.45 bits per heavy atom. The lowest BCUT2D eigenvalue weighted by atomic mass is 9.87. The van der Waals surface area contributed by atoms with Gasteiger partial charge in [0.05, 0.1) is 0 Å². The molecule has 1 aliphatic rings. The van der Waals surface area contributed by atoms with E-state index < -0.39 is 29.2 Å². The third-order valence-corrected chi connectivity index (χ3v) is 5.53. The molecule has 1 saturated heterocycles. The summed E-state index contributed by atoms with van der Waals surface area (Å²) in [6.45, 7) is 2.57. The topological polar surface area (TPSA) is 81.8 Å². The molecule has 1 heterocycles. The second-order valence-corrected chi connectivity index (χ2v) is 7.55. The van der Waals surface area contributed by atoms with Crippen molar-refractivity contribution in [3.05, 3.63) is 66.0 Å². The van der Waals surface area contributed by atoms with Crippen LogP contribution >= 0.6 is 0 Å². The molecule has 3 rings (SSSR count). The zero-order chi connectivity index (χ0) is 22.4. The van der Waals surface area contributed by atoms with Crippen LogP contribution in [0.3, 0.4) is 0 Å². The Hall–Kier alpha value is -3.42. The number of amides is 4. The lowest BCUT2D eigenvalue weighted by molar-refractivity contribution is -0.135. The zero-order valence-corrected chi connectivity index (χ0v) is 17.7. The number of carbonyl (C=O) groups excluding carboxylic acids is 3. The van der Waals surface area contributed by atoms with Gasteiger partial charge in [0.2, 0.25) is 5.91 Å². The quantitative estimate of drug-likeness (QED) is 0.477. The Balaban J connectivity index is 1.53. The van der Waals surface area contributed by atoms with Crippen molar-refractivity contribution in [3.8, 4) is 0 Å². The molecule has 0 bridgehead atoms. The molecule has 0 aliphatic carbocycles. The van der Waals surface area contributed by atoms with Gasteiger partial charge in [0.25, 0.3) is 5.91 Å². The molecule has 164 valence electrons. The third kappa shape index (κ3) is 4.84. The van der Waals surface area contributed by atoms with Gasteiger partial charge in [0.15, 0.2) is 0 Å². The van der Waals surface area contributed by atoms with Crippen molar-refractivity contribution in [1.29, 1.82) is 0 Å². The van der Waals surface area contributed by atoms with Crippen molar-refractivity contribution >= 4 is 23.5 Å². The minimum atomic E-state index is -1.29. The van der Waals surface area contributed by atoms with E-state index in [1.54, 1.807) is 6.92 Å². The van der Waals surface area contributed by atoms with Gasteiger partial charge >= 0.3 is 6.03 Å². The number of nitrogens with one attached hydrogen (secondary N) is 2. The molecular formula is C23H27FN4O3. The number of imide groups is 1. The fourth-order valence-electron chi connectivity index (χ4n) is 3.70. The summed E-state index contributed by atoms with van der Waals surface area (Å²) in [6, 6.07) is 14.7. The van der Waals surface area contributed by atoms with Crippen molar-refractivity contribution < 1.29 is 18.8 Å². The number of hydrogen-bond acceptors (Lipinski definition) is 4. The van der Waals surface area contributed by atoms with Gasteiger partial charge in [-0.15, -0.1) is 0 Å². The lowest BCUT2D eigenvalue weighted by Gasteiger charge is -2.25. The predicted octanol–water partition coefficient (Wildman–Crippen LogP) is 2.63. The summed E-state index contributed by atoms with van der Waals surface area (Å²) in [5.41, 5.74) is 0.287. The predicted molar refractivity (Wildman–Crippen MR) is 116 cm³/mol. The minimum absolute atomic E-state index is 0.285. The number of rotatable bonds is 9. The lowest BCUT2D eigenvalue weighted by Crippen LogP contribution is -2.45. The van der Waals surface area contributed by atoms with Gasteiger partial charge in [-0.05, 0) is 42.7 Å². The van der Waals surface area contributed by atoms with Gasteiger partial charge < -0.3 is 15.5 Å². The van der Waals surface area contributed by atoms with Crippen molar-refractivity contribution in [2.75, 3.05) is 31.6 Å². The van der Waals surface area contributed by atoms with E-state index in [-0.39, 0.29) is 13.0 Å². The molecule has 31 heavy (non-hydrogen) atoms. The van der Waals surface area contributed by atoms with Crippen LogP contribution in [0.15, 0.2) is 54.6 Å². The maximum Gasteiger partial charge on any atom is 0.325 e. The molecule has 0 aromatic heterocycles. The van der Waals surface area contributed by atoms with Crippen LogP contribution in [0.5, 0.6) is 0 Å². The van der Waals surface area contributed by atoms with Crippen LogP contribution in [0.4, 0.5) is 14.9 Å². The first kappa shape index (κ1) is 22.3. The Labute approximate surface area is 181 Å². The summed E-state index contributed by atoms with van der Waals surface area (Å²) in [4.78, 5) is 40.8. The zero-order valence-electron chi connectivity index (χ0n) is 17.7. The first-order chi connectivity index (χ1) is 14.9. The van der Waals surface area contributed by atoms with E-state index in [4.69, 9.17) is 0 Å². The molecule has 7 nitrogen and oxygen atoms in total. The number of nitrogens with zero attached hydrogens (tertiary/aromatic N) is 2. The van der Waals surface area contributed by atoms with E-state index in [2.05, 4.69) is 15.5 Å². The summed E-state index contributed by atoms with van der Waals surface area (Å²) < 4.78 is 13.3. The van der Waals surface area contributed by atoms with E-state index in [1.165, 1.54) is 24.3 Å².